The number of hydrogen-bond donors (Lipinski definition) is 1. The van der Waals surface area contributed by atoms with Gasteiger partial charge in [-0.2, -0.15) is 0 Å². The van der Waals surface area contributed by atoms with Crippen molar-refractivity contribution in [1.82, 2.24) is 0 Å². The highest BCUT2D eigenvalue weighted by Gasteiger charge is 2.50. The third-order valence-corrected chi connectivity index (χ3v) is 3.96. The Morgan fingerprint density at radius 3 is 2.19 bits per heavy atom. The van der Waals surface area contributed by atoms with E-state index in [1.807, 2.05) is 13.8 Å². The van der Waals surface area contributed by atoms with E-state index < -0.39 is 17.3 Å². The Morgan fingerprint density at radius 2 is 1.81 bits per heavy atom. The summed E-state index contributed by atoms with van der Waals surface area (Å²) in [6, 6.07) is 0. The number of carboxylic acids is 1. The van der Waals surface area contributed by atoms with E-state index in [0.29, 0.717) is 0 Å². The summed E-state index contributed by atoms with van der Waals surface area (Å²) in [7, 11) is 0. The van der Waals surface area contributed by atoms with E-state index in [4.69, 9.17) is 0 Å². The van der Waals surface area contributed by atoms with Crippen molar-refractivity contribution in [2.75, 3.05) is 0 Å². The highest BCUT2D eigenvalue weighted by atomic mass is 19.3. The van der Waals surface area contributed by atoms with Crippen LogP contribution in [0.1, 0.15) is 52.4 Å². The van der Waals surface area contributed by atoms with E-state index in [1.165, 1.54) is 0 Å². The smallest absolute Gasteiger partial charge is 0.309 e. The zero-order valence-corrected chi connectivity index (χ0v) is 9.93. The fourth-order valence-corrected chi connectivity index (χ4v) is 2.69. The van der Waals surface area contributed by atoms with Crippen molar-refractivity contribution in [3.63, 3.8) is 0 Å². The van der Waals surface area contributed by atoms with Gasteiger partial charge in [0.2, 0.25) is 5.92 Å². The zero-order valence-electron chi connectivity index (χ0n) is 9.93. The molecule has 0 saturated heterocycles. The summed E-state index contributed by atoms with van der Waals surface area (Å²) in [6.45, 7) is 3.87. The van der Waals surface area contributed by atoms with Crippen LogP contribution in [0.2, 0.25) is 0 Å². The summed E-state index contributed by atoms with van der Waals surface area (Å²) in [5, 5.41) is 9.31. The Balaban J connectivity index is 2.80. The molecule has 1 aliphatic carbocycles. The van der Waals surface area contributed by atoms with Crippen LogP contribution in [-0.2, 0) is 4.79 Å². The highest BCUT2D eigenvalue weighted by Crippen LogP contribution is 2.49. The maximum atomic E-state index is 13.1. The van der Waals surface area contributed by atoms with E-state index in [-0.39, 0.29) is 31.6 Å². The van der Waals surface area contributed by atoms with Gasteiger partial charge < -0.3 is 5.11 Å². The van der Waals surface area contributed by atoms with Crippen LogP contribution in [0.5, 0.6) is 0 Å². The van der Waals surface area contributed by atoms with Crippen molar-refractivity contribution < 1.29 is 18.7 Å². The lowest BCUT2D eigenvalue weighted by molar-refractivity contribution is -0.162. The number of halogens is 2. The molecule has 1 saturated carbocycles. The molecule has 1 unspecified atom stereocenters. The molecule has 16 heavy (non-hydrogen) atoms. The molecule has 4 heteroatoms. The van der Waals surface area contributed by atoms with Crippen molar-refractivity contribution in [1.29, 1.82) is 0 Å². The number of aliphatic carboxylic acids is 1. The molecular weight excluding hydrogens is 214 g/mol. The number of hydrogen-bond acceptors (Lipinski definition) is 1. The van der Waals surface area contributed by atoms with Crippen molar-refractivity contribution in [2.24, 2.45) is 11.3 Å². The Kier molecular flexibility index (Phi) is 3.92. The van der Waals surface area contributed by atoms with E-state index in [2.05, 4.69) is 0 Å². The summed E-state index contributed by atoms with van der Waals surface area (Å²) in [4.78, 5) is 11.4. The predicted octanol–water partition coefficient (Wildman–Crippen LogP) is 3.70. The third kappa shape index (κ3) is 2.53. The molecule has 0 aromatic rings. The Labute approximate surface area is 95.0 Å². The van der Waals surface area contributed by atoms with Gasteiger partial charge in [0.15, 0.2) is 0 Å². The number of carboxylic acid groups (broad SMARTS) is 1. The van der Waals surface area contributed by atoms with Crippen LogP contribution < -0.4 is 0 Å². The lowest BCUT2D eigenvalue weighted by Gasteiger charge is -2.41. The third-order valence-electron chi connectivity index (χ3n) is 3.96. The van der Waals surface area contributed by atoms with E-state index in [9.17, 15) is 18.7 Å². The van der Waals surface area contributed by atoms with Crippen molar-refractivity contribution in [3.05, 3.63) is 0 Å². The SMILES string of the molecule is CCCC(C)C1(C(=O)O)CCC(F)(F)CC1. The first kappa shape index (κ1) is 13.4. The number of rotatable bonds is 4. The molecular formula is C12H20F2O2. The second-order valence-corrected chi connectivity index (χ2v) is 5.01. The summed E-state index contributed by atoms with van der Waals surface area (Å²) < 4.78 is 26.1. The predicted molar refractivity (Wildman–Crippen MR) is 57.6 cm³/mol. The van der Waals surface area contributed by atoms with Crippen LogP contribution in [0.15, 0.2) is 0 Å². The quantitative estimate of drug-likeness (QED) is 0.805. The van der Waals surface area contributed by atoms with Crippen molar-refractivity contribution >= 4 is 5.97 Å². The molecule has 0 heterocycles. The molecule has 1 rings (SSSR count). The summed E-state index contributed by atoms with van der Waals surface area (Å²) in [6.07, 6.45) is 1.33. The first-order valence-corrected chi connectivity index (χ1v) is 5.95. The summed E-state index contributed by atoms with van der Waals surface area (Å²) >= 11 is 0. The van der Waals surface area contributed by atoms with Gasteiger partial charge in [0, 0.05) is 12.8 Å². The molecule has 0 radical (unpaired) electrons. The van der Waals surface area contributed by atoms with Gasteiger partial charge in [-0.1, -0.05) is 20.3 Å². The average molecular weight is 234 g/mol. The monoisotopic (exact) mass is 234 g/mol. The fourth-order valence-electron chi connectivity index (χ4n) is 2.69. The molecule has 0 amide bonds. The first-order chi connectivity index (χ1) is 7.34. The van der Waals surface area contributed by atoms with Crippen LogP contribution in [0.25, 0.3) is 0 Å². The van der Waals surface area contributed by atoms with Crippen molar-refractivity contribution in [2.45, 2.75) is 58.3 Å². The largest absolute Gasteiger partial charge is 0.481 e. The minimum Gasteiger partial charge on any atom is -0.481 e. The van der Waals surface area contributed by atoms with Gasteiger partial charge in [0.25, 0.3) is 0 Å². The van der Waals surface area contributed by atoms with Crippen LogP contribution in [0.4, 0.5) is 8.78 Å². The minimum atomic E-state index is -2.66. The minimum absolute atomic E-state index is 0.0221. The lowest BCUT2D eigenvalue weighted by atomic mass is 9.64. The molecule has 0 aromatic heterocycles. The van der Waals surface area contributed by atoms with E-state index >= 15 is 0 Å². The molecule has 94 valence electrons. The molecule has 1 aliphatic rings. The molecule has 1 atom stereocenters. The lowest BCUT2D eigenvalue weighted by Crippen LogP contribution is -2.43. The van der Waals surface area contributed by atoms with Gasteiger partial charge in [-0.25, -0.2) is 8.78 Å². The molecule has 0 bridgehead atoms. The van der Waals surface area contributed by atoms with Gasteiger partial charge >= 0.3 is 5.97 Å². The van der Waals surface area contributed by atoms with Crippen LogP contribution in [0, 0.1) is 11.3 Å². The van der Waals surface area contributed by atoms with E-state index in [0.717, 1.165) is 12.8 Å². The second kappa shape index (κ2) is 4.68. The highest BCUT2D eigenvalue weighted by molar-refractivity contribution is 5.75. The maximum Gasteiger partial charge on any atom is 0.309 e. The number of alkyl halides is 2. The molecule has 0 spiro atoms. The Hall–Kier alpha value is -0.670. The summed E-state index contributed by atoms with van der Waals surface area (Å²) in [5.41, 5.74) is -0.919. The van der Waals surface area contributed by atoms with Crippen LogP contribution in [0.3, 0.4) is 0 Å². The van der Waals surface area contributed by atoms with E-state index in [1.54, 1.807) is 0 Å². The Morgan fingerprint density at radius 1 is 1.31 bits per heavy atom. The average Bonchev–Trinajstić information content (AvgIpc) is 2.18. The summed E-state index contributed by atoms with van der Waals surface area (Å²) in [5.74, 6) is -3.58. The standard InChI is InChI=1S/C12H20F2O2/c1-3-4-9(2)11(10(15)16)5-7-12(13,14)8-6-11/h9H,3-8H2,1-2H3,(H,15,16). The zero-order chi connectivity index (χ0) is 12.4. The van der Waals surface area contributed by atoms with Gasteiger partial charge in [0.05, 0.1) is 5.41 Å². The van der Waals surface area contributed by atoms with Gasteiger partial charge in [-0.15, -0.1) is 0 Å². The molecule has 0 aromatic carbocycles. The molecule has 2 nitrogen and oxygen atoms in total. The first-order valence-electron chi connectivity index (χ1n) is 5.95. The van der Waals surface area contributed by atoms with Crippen molar-refractivity contribution in [3.8, 4) is 0 Å². The second-order valence-electron chi connectivity index (χ2n) is 5.01. The number of carbonyl (C=O) groups is 1. The normalized spacial score (nSPS) is 25.0. The van der Waals surface area contributed by atoms with Gasteiger partial charge in [0.1, 0.15) is 0 Å². The van der Waals surface area contributed by atoms with Crippen LogP contribution in [-0.4, -0.2) is 17.0 Å². The Bertz CT molecular complexity index is 254. The topological polar surface area (TPSA) is 37.3 Å². The van der Waals surface area contributed by atoms with Gasteiger partial charge in [-0.05, 0) is 25.2 Å². The fraction of sp³-hybridized carbons (Fsp3) is 0.917. The molecule has 0 aliphatic heterocycles. The molecule has 1 N–H and O–H groups in total. The van der Waals surface area contributed by atoms with Gasteiger partial charge in [-0.3, -0.25) is 4.79 Å². The van der Waals surface area contributed by atoms with Crippen LogP contribution >= 0.6 is 0 Å². The molecule has 1 fully saturated rings. The maximum absolute atomic E-state index is 13.1.